The Balaban J connectivity index is 1.94. The predicted octanol–water partition coefficient (Wildman–Crippen LogP) is 2.58. The van der Waals surface area contributed by atoms with E-state index in [0.29, 0.717) is 11.5 Å². The fourth-order valence-corrected chi connectivity index (χ4v) is 2.85. The van der Waals surface area contributed by atoms with Crippen LogP contribution < -0.4 is 14.8 Å². The van der Waals surface area contributed by atoms with E-state index in [1.165, 1.54) is 5.56 Å². The molecule has 110 valence electrons. The first-order chi connectivity index (χ1) is 10.2. The maximum Gasteiger partial charge on any atom is 0.128 e. The molecular formula is C17H19NO3. The number of benzene rings is 2. The molecular weight excluding hydrogens is 266 g/mol. The summed E-state index contributed by atoms with van der Waals surface area (Å²) in [6.07, 6.45) is -0.672. The maximum absolute atomic E-state index is 10.8. The van der Waals surface area contributed by atoms with Gasteiger partial charge in [0.2, 0.25) is 0 Å². The first-order valence-corrected chi connectivity index (χ1v) is 6.95. The highest BCUT2D eigenvalue weighted by molar-refractivity contribution is 5.44. The molecule has 2 N–H and O–H groups in total. The van der Waals surface area contributed by atoms with Crippen molar-refractivity contribution in [3.8, 4) is 11.5 Å². The Hall–Kier alpha value is -2.04. The Labute approximate surface area is 124 Å². The zero-order chi connectivity index (χ0) is 14.8. The normalized spacial score (nSPS) is 18.1. The molecule has 2 aromatic rings. The van der Waals surface area contributed by atoms with Crippen molar-refractivity contribution in [3.05, 3.63) is 59.2 Å². The van der Waals surface area contributed by atoms with Gasteiger partial charge in [0, 0.05) is 18.2 Å². The molecule has 0 aliphatic carbocycles. The van der Waals surface area contributed by atoms with E-state index < -0.39 is 6.10 Å². The smallest absolute Gasteiger partial charge is 0.128 e. The molecule has 1 heterocycles. The summed E-state index contributed by atoms with van der Waals surface area (Å²) in [6.45, 7) is 0.774. The summed E-state index contributed by atoms with van der Waals surface area (Å²) in [5.74, 6) is 1.34. The number of rotatable bonds is 4. The molecule has 1 aliphatic heterocycles. The second kappa shape index (κ2) is 5.76. The van der Waals surface area contributed by atoms with Gasteiger partial charge in [-0.1, -0.05) is 24.3 Å². The Bertz CT molecular complexity index is 642. The molecule has 0 radical (unpaired) electrons. The molecule has 2 unspecified atom stereocenters. The number of ether oxygens (including phenoxy) is 2. The summed E-state index contributed by atoms with van der Waals surface area (Å²) in [6, 6.07) is 13.5. The number of hydrogen-bond acceptors (Lipinski definition) is 4. The van der Waals surface area contributed by atoms with Gasteiger partial charge in [0.1, 0.15) is 17.6 Å². The van der Waals surface area contributed by atoms with Gasteiger partial charge in [0.25, 0.3) is 0 Å². The highest BCUT2D eigenvalue weighted by Crippen LogP contribution is 2.39. The van der Waals surface area contributed by atoms with Crippen LogP contribution in [0.15, 0.2) is 42.5 Å². The summed E-state index contributed by atoms with van der Waals surface area (Å²) in [5.41, 5.74) is 3.13. The van der Waals surface area contributed by atoms with Crippen LogP contribution >= 0.6 is 0 Å². The predicted molar refractivity (Wildman–Crippen MR) is 80.5 cm³/mol. The summed E-state index contributed by atoms with van der Waals surface area (Å²) >= 11 is 0. The third-order valence-electron chi connectivity index (χ3n) is 3.98. The van der Waals surface area contributed by atoms with Crippen LogP contribution in [0.2, 0.25) is 0 Å². The number of methoxy groups -OCH3 is 2. The van der Waals surface area contributed by atoms with E-state index in [0.717, 1.165) is 17.7 Å². The summed E-state index contributed by atoms with van der Waals surface area (Å²) in [4.78, 5) is 0. The first kappa shape index (κ1) is 13.9. The van der Waals surface area contributed by atoms with Gasteiger partial charge in [-0.2, -0.15) is 0 Å². The van der Waals surface area contributed by atoms with Gasteiger partial charge in [-0.25, -0.2) is 0 Å². The van der Waals surface area contributed by atoms with E-state index >= 15 is 0 Å². The molecule has 0 spiro atoms. The minimum absolute atomic E-state index is 0.122. The van der Waals surface area contributed by atoms with Crippen molar-refractivity contribution < 1.29 is 14.6 Å². The number of aliphatic hydroxyl groups is 1. The average molecular weight is 285 g/mol. The van der Waals surface area contributed by atoms with Gasteiger partial charge < -0.3 is 19.9 Å². The van der Waals surface area contributed by atoms with Gasteiger partial charge in [-0.05, 0) is 23.3 Å². The number of aliphatic hydroxyl groups excluding tert-OH is 1. The highest BCUT2D eigenvalue weighted by atomic mass is 16.5. The number of nitrogens with one attached hydrogen (secondary N) is 1. The van der Waals surface area contributed by atoms with Crippen LogP contribution in [0.4, 0.5) is 0 Å². The Morgan fingerprint density at radius 1 is 1.14 bits per heavy atom. The monoisotopic (exact) mass is 285 g/mol. The van der Waals surface area contributed by atoms with Crippen molar-refractivity contribution in [2.75, 3.05) is 14.2 Å². The van der Waals surface area contributed by atoms with Gasteiger partial charge in [-0.3, -0.25) is 0 Å². The topological polar surface area (TPSA) is 50.7 Å². The zero-order valence-corrected chi connectivity index (χ0v) is 12.2. The lowest BCUT2D eigenvalue weighted by atomic mass is 9.95. The Morgan fingerprint density at radius 3 is 2.71 bits per heavy atom. The van der Waals surface area contributed by atoms with Crippen LogP contribution in [0.3, 0.4) is 0 Å². The second-order valence-electron chi connectivity index (χ2n) is 5.11. The third kappa shape index (κ3) is 2.48. The molecule has 2 aromatic carbocycles. The molecule has 21 heavy (non-hydrogen) atoms. The second-order valence-corrected chi connectivity index (χ2v) is 5.11. The fourth-order valence-electron chi connectivity index (χ4n) is 2.85. The summed E-state index contributed by atoms with van der Waals surface area (Å²) < 4.78 is 10.6. The molecule has 0 bridgehead atoms. The van der Waals surface area contributed by atoms with Crippen LogP contribution in [0.5, 0.6) is 11.5 Å². The van der Waals surface area contributed by atoms with Crippen molar-refractivity contribution in [2.45, 2.75) is 18.7 Å². The maximum atomic E-state index is 10.8. The lowest BCUT2D eigenvalue weighted by Crippen LogP contribution is -2.20. The lowest BCUT2D eigenvalue weighted by Gasteiger charge is -2.22. The van der Waals surface area contributed by atoms with E-state index in [1.54, 1.807) is 20.3 Å². The van der Waals surface area contributed by atoms with E-state index in [-0.39, 0.29) is 6.04 Å². The summed E-state index contributed by atoms with van der Waals surface area (Å²) in [5, 5.41) is 14.1. The molecule has 0 aromatic heterocycles. The molecule has 4 nitrogen and oxygen atoms in total. The van der Waals surface area contributed by atoms with Gasteiger partial charge in [0.05, 0.1) is 20.3 Å². The van der Waals surface area contributed by atoms with Crippen LogP contribution in [-0.4, -0.2) is 19.3 Å². The minimum Gasteiger partial charge on any atom is -0.497 e. The molecule has 1 aliphatic rings. The largest absolute Gasteiger partial charge is 0.497 e. The van der Waals surface area contributed by atoms with Crippen molar-refractivity contribution in [2.24, 2.45) is 0 Å². The SMILES string of the molecule is COc1ccc(C(O)C2NCc3ccccc32)c(OC)c1. The minimum atomic E-state index is -0.672. The van der Waals surface area contributed by atoms with Crippen molar-refractivity contribution in [1.82, 2.24) is 5.32 Å². The first-order valence-electron chi connectivity index (χ1n) is 6.95. The van der Waals surface area contributed by atoms with Crippen LogP contribution in [-0.2, 0) is 6.54 Å². The van der Waals surface area contributed by atoms with E-state index in [2.05, 4.69) is 17.4 Å². The van der Waals surface area contributed by atoms with Gasteiger partial charge >= 0.3 is 0 Å². The molecule has 4 heteroatoms. The molecule has 0 fully saturated rings. The van der Waals surface area contributed by atoms with Crippen LogP contribution in [0, 0.1) is 0 Å². The molecule has 3 rings (SSSR count). The van der Waals surface area contributed by atoms with Crippen molar-refractivity contribution in [1.29, 1.82) is 0 Å². The Kier molecular flexibility index (Phi) is 3.82. The Morgan fingerprint density at radius 2 is 1.95 bits per heavy atom. The van der Waals surface area contributed by atoms with E-state index in [9.17, 15) is 5.11 Å². The van der Waals surface area contributed by atoms with E-state index in [4.69, 9.17) is 9.47 Å². The molecule has 0 amide bonds. The average Bonchev–Trinajstić information content (AvgIpc) is 2.97. The van der Waals surface area contributed by atoms with Crippen molar-refractivity contribution in [3.63, 3.8) is 0 Å². The standard InChI is InChI=1S/C17H19NO3/c1-20-12-7-8-14(15(9-12)21-2)17(19)16-13-6-4-3-5-11(13)10-18-16/h3-9,16-19H,10H2,1-2H3. The molecule has 0 saturated carbocycles. The van der Waals surface area contributed by atoms with Crippen LogP contribution in [0.25, 0.3) is 0 Å². The quantitative estimate of drug-likeness (QED) is 0.906. The zero-order valence-electron chi connectivity index (χ0n) is 12.2. The fraction of sp³-hybridized carbons (Fsp3) is 0.294. The highest BCUT2D eigenvalue weighted by Gasteiger charge is 2.30. The lowest BCUT2D eigenvalue weighted by molar-refractivity contribution is 0.130. The number of hydrogen-bond donors (Lipinski definition) is 2. The van der Waals surface area contributed by atoms with Crippen LogP contribution in [0.1, 0.15) is 28.8 Å². The van der Waals surface area contributed by atoms with Gasteiger partial charge in [0.15, 0.2) is 0 Å². The van der Waals surface area contributed by atoms with Crippen molar-refractivity contribution >= 4 is 0 Å². The molecule has 0 saturated heterocycles. The summed E-state index contributed by atoms with van der Waals surface area (Å²) in [7, 11) is 3.21. The van der Waals surface area contributed by atoms with E-state index in [1.807, 2.05) is 24.3 Å². The van der Waals surface area contributed by atoms with Gasteiger partial charge in [-0.15, -0.1) is 0 Å². The third-order valence-corrected chi connectivity index (χ3v) is 3.98. The molecule has 2 atom stereocenters. The number of fused-ring (bicyclic) bond motifs is 1.